The molecule has 4 N–H and O–H groups in total. The van der Waals surface area contributed by atoms with Crippen LogP contribution < -0.4 is 26.4 Å². The van der Waals surface area contributed by atoms with Crippen LogP contribution in [0.2, 0.25) is 0 Å². The highest BCUT2D eigenvalue weighted by molar-refractivity contribution is 6.05. The average molecular weight is 799 g/mol. The fourth-order valence-electron chi connectivity index (χ4n) is 8.42. The summed E-state index contributed by atoms with van der Waals surface area (Å²) in [5.41, 5.74) is 5.18. The van der Waals surface area contributed by atoms with E-state index in [0.717, 1.165) is 73.4 Å². The lowest BCUT2D eigenvalue weighted by molar-refractivity contribution is -0.136. The van der Waals surface area contributed by atoms with Gasteiger partial charge < -0.3 is 25.5 Å². The number of unbranched alkanes of at least 4 members (excludes halogenated alkanes) is 3. The molecule has 0 bridgehead atoms. The van der Waals surface area contributed by atoms with Gasteiger partial charge in [0.1, 0.15) is 17.0 Å². The number of nitrogens with one attached hydrogen (secondary N) is 3. The van der Waals surface area contributed by atoms with Crippen LogP contribution in [0.15, 0.2) is 78.2 Å². The first kappa shape index (κ1) is 39.5. The molecule has 5 heterocycles. The molecule has 0 spiro atoms. The third kappa shape index (κ3) is 7.81. The molecule has 1 unspecified atom stereocenters. The van der Waals surface area contributed by atoms with Crippen molar-refractivity contribution in [3.8, 4) is 5.82 Å². The largest absolute Gasteiger partial charge is 0.385 e. The number of imide groups is 1. The summed E-state index contributed by atoms with van der Waals surface area (Å²) in [4.78, 5) is 68.3. The molecular formula is C44H50N10O5. The average Bonchev–Trinajstić information content (AvgIpc) is 3.85. The summed E-state index contributed by atoms with van der Waals surface area (Å²) >= 11 is 0. The minimum Gasteiger partial charge on any atom is -0.385 e. The molecule has 3 amide bonds. The molecule has 1 saturated heterocycles. The van der Waals surface area contributed by atoms with Crippen molar-refractivity contribution in [2.75, 3.05) is 35.7 Å². The molecule has 0 radical (unpaired) electrons. The molecule has 59 heavy (non-hydrogen) atoms. The monoisotopic (exact) mass is 798 g/mol. The lowest BCUT2D eigenvalue weighted by Crippen LogP contribution is -2.52. The number of nitrogens with zero attached hydrogens (tertiary/aromatic N) is 7. The molecule has 1 fully saturated rings. The van der Waals surface area contributed by atoms with Crippen LogP contribution in [-0.2, 0) is 34.7 Å². The topological polar surface area (TPSA) is 180 Å². The van der Waals surface area contributed by atoms with E-state index >= 15 is 0 Å². The molecule has 0 saturated carbocycles. The van der Waals surface area contributed by atoms with Crippen LogP contribution in [0.4, 0.5) is 23.0 Å². The van der Waals surface area contributed by atoms with Gasteiger partial charge in [0.25, 0.3) is 11.5 Å². The van der Waals surface area contributed by atoms with E-state index in [2.05, 4.69) is 51.6 Å². The predicted octanol–water partition coefficient (Wildman–Crippen LogP) is 5.32. The Morgan fingerprint density at radius 3 is 2.56 bits per heavy atom. The van der Waals surface area contributed by atoms with Crippen LogP contribution >= 0.6 is 0 Å². The fourth-order valence-corrected chi connectivity index (χ4v) is 8.42. The van der Waals surface area contributed by atoms with Gasteiger partial charge in [-0.3, -0.25) is 24.5 Å². The summed E-state index contributed by atoms with van der Waals surface area (Å²) in [6.07, 6.45) is 9.93. The molecule has 2 atom stereocenters. The first-order valence-corrected chi connectivity index (χ1v) is 20.5. The first-order valence-electron chi connectivity index (χ1n) is 20.5. The van der Waals surface area contributed by atoms with E-state index in [1.165, 1.54) is 10.9 Å². The summed E-state index contributed by atoms with van der Waals surface area (Å²) in [7, 11) is 2.09. The molecule has 15 nitrogen and oxygen atoms in total. The number of hydrogen-bond donors (Lipinski definition) is 4. The van der Waals surface area contributed by atoms with Crippen molar-refractivity contribution in [1.29, 1.82) is 0 Å². The third-order valence-corrected chi connectivity index (χ3v) is 11.8. The zero-order valence-electron chi connectivity index (χ0n) is 33.5. The van der Waals surface area contributed by atoms with Crippen molar-refractivity contribution in [3.05, 3.63) is 106 Å². The first-order chi connectivity index (χ1) is 28.6. The zero-order valence-corrected chi connectivity index (χ0v) is 33.5. The number of aromatic nitrogens is 5. The summed E-state index contributed by atoms with van der Waals surface area (Å²) in [5.74, 6) is -0.0160. The Bertz CT molecular complexity index is 2490. The molecule has 2 aliphatic heterocycles. The van der Waals surface area contributed by atoms with E-state index in [0.29, 0.717) is 59.9 Å². The Kier molecular flexibility index (Phi) is 11.0. The van der Waals surface area contributed by atoms with E-state index in [9.17, 15) is 24.3 Å². The fraction of sp³-hybridized carbons (Fsp3) is 0.386. The van der Waals surface area contributed by atoms with Crippen LogP contribution in [0.3, 0.4) is 0 Å². The molecule has 15 heteroatoms. The van der Waals surface area contributed by atoms with E-state index < -0.39 is 17.6 Å². The van der Waals surface area contributed by atoms with Gasteiger partial charge in [0.15, 0.2) is 11.5 Å². The lowest BCUT2D eigenvalue weighted by atomic mass is 9.98. The standard InChI is InChI=1S/C44H50N10O5/c1-4-23-53-42(58)34-26-46-43(50-39(34)54(53)36-18-10-28-20-21-44(59,5-2)38(28)48-36)47-30-11-14-32(15-12-30)51(3)24-9-7-6-8-22-45-31-13-16-33-29(25-31)27-52(41(33)57)35-17-19-37(55)49-40(35)56/h4,10-16,18,25-26,35,45,59H,1,5-9,17,19-24,27H2,2-3H3,(H,46,47,50)(H,49,55,56)/t35?,44-/m1/s1. The van der Waals surface area contributed by atoms with E-state index in [4.69, 9.17) is 9.97 Å². The van der Waals surface area contributed by atoms with Gasteiger partial charge in [0.05, 0.1) is 12.2 Å². The molecule has 3 aromatic heterocycles. The Morgan fingerprint density at radius 1 is 0.983 bits per heavy atom. The van der Waals surface area contributed by atoms with Crippen molar-refractivity contribution >= 4 is 51.8 Å². The molecule has 2 aromatic carbocycles. The Balaban J connectivity index is 0.821. The maximum absolute atomic E-state index is 13.5. The number of piperidine rings is 1. The second-order valence-electron chi connectivity index (χ2n) is 15.7. The number of benzene rings is 2. The van der Waals surface area contributed by atoms with Gasteiger partial charge in [-0.05, 0) is 98.2 Å². The smallest absolute Gasteiger partial charge is 0.278 e. The van der Waals surface area contributed by atoms with Crippen molar-refractivity contribution in [1.82, 2.24) is 34.5 Å². The van der Waals surface area contributed by atoms with Gasteiger partial charge in [0.2, 0.25) is 17.8 Å². The van der Waals surface area contributed by atoms with E-state index in [1.54, 1.807) is 15.7 Å². The normalized spacial score (nSPS) is 18.5. The number of pyridine rings is 1. The van der Waals surface area contributed by atoms with Crippen LogP contribution in [0.1, 0.15) is 85.5 Å². The summed E-state index contributed by atoms with van der Waals surface area (Å²) in [5, 5.41) is 20.7. The quantitative estimate of drug-likeness (QED) is 0.0577. The number of rotatable bonds is 16. The molecule has 5 aromatic rings. The number of hydrogen-bond acceptors (Lipinski definition) is 11. The maximum atomic E-state index is 13.5. The SMILES string of the molecule is C=CCn1c(=O)c2cnc(Nc3ccc(N(C)CCCCCCNc4ccc5c(c4)CN(C4CCC(=O)NC4=O)C5=O)cc3)nc2n1-c1ccc2c(n1)[C@@](O)(CC)CC2. The molecule has 8 rings (SSSR count). The molecule has 1 aliphatic carbocycles. The highest BCUT2D eigenvalue weighted by Gasteiger charge is 2.39. The summed E-state index contributed by atoms with van der Waals surface area (Å²) < 4.78 is 3.23. The highest BCUT2D eigenvalue weighted by Crippen LogP contribution is 2.38. The van der Waals surface area contributed by atoms with Crippen LogP contribution in [0.25, 0.3) is 16.9 Å². The number of aryl methyl sites for hydroxylation is 1. The minimum absolute atomic E-state index is 0.163. The number of fused-ring (bicyclic) bond motifs is 3. The number of carbonyl (C=O) groups is 3. The molecular weight excluding hydrogens is 749 g/mol. The van der Waals surface area contributed by atoms with Gasteiger partial charge in [-0.1, -0.05) is 31.9 Å². The number of allylic oxidation sites excluding steroid dienone is 1. The highest BCUT2D eigenvalue weighted by atomic mass is 16.3. The number of aliphatic hydroxyl groups is 1. The van der Waals surface area contributed by atoms with Crippen molar-refractivity contribution in [3.63, 3.8) is 0 Å². The second-order valence-corrected chi connectivity index (χ2v) is 15.7. The third-order valence-electron chi connectivity index (χ3n) is 11.8. The Labute approximate surface area is 342 Å². The zero-order chi connectivity index (χ0) is 41.3. The van der Waals surface area contributed by atoms with E-state index in [-0.39, 0.29) is 30.3 Å². The van der Waals surface area contributed by atoms with Crippen molar-refractivity contribution in [2.24, 2.45) is 0 Å². The minimum atomic E-state index is -0.997. The number of anilines is 4. The van der Waals surface area contributed by atoms with Crippen LogP contribution in [-0.4, -0.2) is 78.2 Å². The number of carbonyl (C=O) groups excluding carboxylic acids is 3. The lowest BCUT2D eigenvalue weighted by Gasteiger charge is -2.29. The van der Waals surface area contributed by atoms with Crippen molar-refractivity contribution < 1.29 is 19.5 Å². The maximum Gasteiger partial charge on any atom is 0.278 e. The molecule has 3 aliphatic rings. The number of amides is 3. The Hall–Kier alpha value is -6.35. The van der Waals surface area contributed by atoms with Gasteiger partial charge in [-0.25, -0.2) is 19.3 Å². The Morgan fingerprint density at radius 2 is 1.78 bits per heavy atom. The van der Waals surface area contributed by atoms with E-state index in [1.807, 2.05) is 49.4 Å². The van der Waals surface area contributed by atoms with Gasteiger partial charge >= 0.3 is 0 Å². The van der Waals surface area contributed by atoms with Crippen LogP contribution in [0, 0.1) is 0 Å². The summed E-state index contributed by atoms with van der Waals surface area (Å²) in [6.45, 7) is 8.14. The predicted molar refractivity (Wildman–Crippen MR) is 226 cm³/mol. The summed E-state index contributed by atoms with van der Waals surface area (Å²) in [6, 6.07) is 17.0. The van der Waals surface area contributed by atoms with Gasteiger partial charge in [-0.2, -0.15) is 4.98 Å². The van der Waals surface area contributed by atoms with Gasteiger partial charge in [-0.15, -0.1) is 6.58 Å². The van der Waals surface area contributed by atoms with Crippen molar-refractivity contribution in [2.45, 2.75) is 89.4 Å². The second kappa shape index (κ2) is 16.5. The van der Waals surface area contributed by atoms with Gasteiger partial charge in [0, 0.05) is 61.9 Å². The van der Waals surface area contributed by atoms with Crippen LogP contribution in [0.5, 0.6) is 0 Å². The molecule has 306 valence electrons.